The highest BCUT2D eigenvalue weighted by atomic mass is 16.4. The maximum Gasteiger partial charge on any atom is 0.307 e. The van der Waals surface area contributed by atoms with Gasteiger partial charge in [0, 0.05) is 26.3 Å². The summed E-state index contributed by atoms with van der Waals surface area (Å²) in [5.41, 5.74) is 1.08. The van der Waals surface area contributed by atoms with Gasteiger partial charge in [0.2, 0.25) is 0 Å². The summed E-state index contributed by atoms with van der Waals surface area (Å²) in [7, 11) is 3.79. The van der Waals surface area contributed by atoms with Gasteiger partial charge in [-0.05, 0) is 13.1 Å². The molecule has 1 atom stereocenters. The molecule has 1 rings (SSSR count). The monoisotopic (exact) mass is 211 g/mol. The van der Waals surface area contributed by atoms with Crippen LogP contribution in [0.2, 0.25) is 0 Å². The van der Waals surface area contributed by atoms with E-state index in [4.69, 9.17) is 5.11 Å². The molecule has 0 amide bonds. The van der Waals surface area contributed by atoms with Gasteiger partial charge in [-0.1, -0.05) is 6.92 Å². The lowest BCUT2D eigenvalue weighted by atomic mass is 10.2. The Kier molecular flexibility index (Phi) is 3.85. The number of carboxylic acids is 1. The highest BCUT2D eigenvalue weighted by molar-refractivity contribution is 5.69. The molecular weight excluding hydrogens is 194 g/mol. The molecule has 0 aliphatic carbocycles. The fourth-order valence-corrected chi connectivity index (χ4v) is 1.44. The van der Waals surface area contributed by atoms with E-state index in [1.807, 2.05) is 25.1 Å². The van der Waals surface area contributed by atoms with Gasteiger partial charge in [0.05, 0.1) is 11.6 Å². The first-order valence-electron chi connectivity index (χ1n) is 4.89. The van der Waals surface area contributed by atoms with Crippen molar-refractivity contribution < 1.29 is 9.90 Å². The molecule has 15 heavy (non-hydrogen) atoms. The van der Waals surface area contributed by atoms with Crippen LogP contribution in [-0.2, 0) is 18.4 Å². The summed E-state index contributed by atoms with van der Waals surface area (Å²) in [4.78, 5) is 12.6. The van der Waals surface area contributed by atoms with Gasteiger partial charge in [-0.2, -0.15) is 5.10 Å². The van der Waals surface area contributed by atoms with E-state index in [0.717, 1.165) is 5.69 Å². The number of carboxylic acid groups (broad SMARTS) is 1. The molecule has 0 radical (unpaired) electrons. The molecule has 1 unspecified atom stereocenters. The number of hydrogen-bond donors (Lipinski definition) is 1. The molecule has 1 heterocycles. The molecule has 0 spiro atoms. The number of hydrogen-bond acceptors (Lipinski definition) is 3. The average molecular weight is 211 g/mol. The highest BCUT2D eigenvalue weighted by Gasteiger charge is 2.14. The minimum atomic E-state index is -0.758. The lowest BCUT2D eigenvalue weighted by Gasteiger charge is -2.18. The standard InChI is InChI=1S/C10H17N3O2/c1-8(10(14)15)6-12(2)7-9-4-5-11-13(9)3/h4-5,8H,6-7H2,1-3H3,(H,14,15). The number of aliphatic carboxylic acids is 1. The van der Waals surface area contributed by atoms with Crippen LogP contribution in [0.4, 0.5) is 0 Å². The van der Waals surface area contributed by atoms with Crippen molar-refractivity contribution in [1.82, 2.24) is 14.7 Å². The Hall–Kier alpha value is -1.36. The Labute approximate surface area is 89.3 Å². The van der Waals surface area contributed by atoms with Gasteiger partial charge in [0.1, 0.15) is 0 Å². The van der Waals surface area contributed by atoms with Crippen molar-refractivity contribution in [2.24, 2.45) is 13.0 Å². The molecule has 0 aliphatic rings. The van der Waals surface area contributed by atoms with Crippen LogP contribution >= 0.6 is 0 Å². The molecule has 0 aromatic carbocycles. The third-order valence-corrected chi connectivity index (χ3v) is 2.36. The van der Waals surface area contributed by atoms with Crippen LogP contribution in [0.1, 0.15) is 12.6 Å². The Bertz CT molecular complexity index is 335. The van der Waals surface area contributed by atoms with Gasteiger partial charge in [0.15, 0.2) is 0 Å². The SMILES string of the molecule is CC(CN(C)Cc1ccnn1C)C(=O)O. The molecular formula is C10H17N3O2. The van der Waals surface area contributed by atoms with Gasteiger partial charge in [-0.3, -0.25) is 14.4 Å². The van der Waals surface area contributed by atoms with Gasteiger partial charge in [-0.25, -0.2) is 0 Å². The van der Waals surface area contributed by atoms with E-state index in [9.17, 15) is 4.79 Å². The summed E-state index contributed by atoms with van der Waals surface area (Å²) in [6, 6.07) is 1.93. The highest BCUT2D eigenvalue weighted by Crippen LogP contribution is 2.04. The zero-order valence-electron chi connectivity index (χ0n) is 9.34. The topological polar surface area (TPSA) is 58.4 Å². The number of aryl methyl sites for hydroxylation is 1. The van der Waals surface area contributed by atoms with Crippen LogP contribution < -0.4 is 0 Å². The Morgan fingerprint density at radius 3 is 2.87 bits per heavy atom. The second kappa shape index (κ2) is 4.93. The zero-order chi connectivity index (χ0) is 11.4. The molecule has 0 fully saturated rings. The van der Waals surface area contributed by atoms with Gasteiger partial charge < -0.3 is 5.11 Å². The maximum absolute atomic E-state index is 10.7. The molecule has 5 nitrogen and oxygen atoms in total. The Morgan fingerprint density at radius 2 is 2.40 bits per heavy atom. The molecule has 84 valence electrons. The summed E-state index contributed by atoms with van der Waals surface area (Å²) in [5, 5.41) is 12.8. The molecule has 1 N–H and O–H groups in total. The third kappa shape index (κ3) is 3.36. The predicted octanol–water partition coefficient (Wildman–Crippen LogP) is 0.573. The Balaban J connectivity index is 2.46. The molecule has 5 heteroatoms. The van der Waals surface area contributed by atoms with E-state index in [0.29, 0.717) is 13.1 Å². The summed E-state index contributed by atoms with van der Waals surface area (Å²) in [6.45, 7) is 2.97. The van der Waals surface area contributed by atoms with Crippen molar-refractivity contribution in [3.05, 3.63) is 18.0 Å². The Morgan fingerprint density at radius 1 is 1.73 bits per heavy atom. The molecule has 0 aliphatic heterocycles. The largest absolute Gasteiger partial charge is 0.481 e. The fourth-order valence-electron chi connectivity index (χ4n) is 1.44. The maximum atomic E-state index is 10.7. The normalized spacial score (nSPS) is 13.1. The lowest BCUT2D eigenvalue weighted by Crippen LogP contribution is -2.28. The van der Waals surface area contributed by atoms with E-state index >= 15 is 0 Å². The molecule has 1 aromatic rings. The second-order valence-corrected chi connectivity index (χ2v) is 3.88. The third-order valence-electron chi connectivity index (χ3n) is 2.36. The van der Waals surface area contributed by atoms with Crippen molar-refractivity contribution in [3.63, 3.8) is 0 Å². The molecule has 0 bridgehead atoms. The predicted molar refractivity (Wildman–Crippen MR) is 56.3 cm³/mol. The number of aromatic nitrogens is 2. The van der Waals surface area contributed by atoms with Crippen LogP contribution in [0.25, 0.3) is 0 Å². The quantitative estimate of drug-likeness (QED) is 0.773. The van der Waals surface area contributed by atoms with Crippen molar-refractivity contribution in [2.45, 2.75) is 13.5 Å². The number of nitrogens with zero attached hydrogens (tertiary/aromatic N) is 3. The molecule has 1 aromatic heterocycles. The van der Waals surface area contributed by atoms with Crippen molar-refractivity contribution in [2.75, 3.05) is 13.6 Å². The van der Waals surface area contributed by atoms with E-state index in [1.165, 1.54) is 0 Å². The minimum Gasteiger partial charge on any atom is -0.481 e. The zero-order valence-corrected chi connectivity index (χ0v) is 9.34. The minimum absolute atomic E-state index is 0.344. The van der Waals surface area contributed by atoms with Gasteiger partial charge in [0.25, 0.3) is 0 Å². The summed E-state index contributed by atoms with van der Waals surface area (Å²) in [5.74, 6) is -1.10. The summed E-state index contributed by atoms with van der Waals surface area (Å²) < 4.78 is 1.79. The molecule has 0 saturated heterocycles. The van der Waals surface area contributed by atoms with E-state index in [2.05, 4.69) is 5.10 Å². The van der Waals surface area contributed by atoms with Gasteiger partial charge in [-0.15, -0.1) is 0 Å². The number of carbonyl (C=O) groups is 1. The van der Waals surface area contributed by atoms with Crippen molar-refractivity contribution in [1.29, 1.82) is 0 Å². The van der Waals surface area contributed by atoms with Crippen molar-refractivity contribution >= 4 is 5.97 Å². The smallest absolute Gasteiger partial charge is 0.307 e. The first kappa shape index (κ1) is 11.7. The van der Waals surface area contributed by atoms with E-state index < -0.39 is 5.97 Å². The van der Waals surface area contributed by atoms with Crippen LogP contribution in [0.15, 0.2) is 12.3 Å². The summed E-state index contributed by atoms with van der Waals surface area (Å²) >= 11 is 0. The van der Waals surface area contributed by atoms with Crippen LogP contribution in [-0.4, -0.2) is 39.3 Å². The molecule has 0 saturated carbocycles. The van der Waals surface area contributed by atoms with Crippen LogP contribution in [0.3, 0.4) is 0 Å². The fraction of sp³-hybridized carbons (Fsp3) is 0.600. The lowest BCUT2D eigenvalue weighted by molar-refractivity contribution is -0.141. The van der Waals surface area contributed by atoms with Crippen molar-refractivity contribution in [3.8, 4) is 0 Å². The average Bonchev–Trinajstić information content (AvgIpc) is 2.51. The first-order chi connectivity index (χ1) is 7.00. The summed E-state index contributed by atoms with van der Waals surface area (Å²) in [6.07, 6.45) is 1.74. The van der Waals surface area contributed by atoms with E-state index in [1.54, 1.807) is 17.8 Å². The number of rotatable bonds is 5. The first-order valence-corrected chi connectivity index (χ1v) is 4.89. The van der Waals surface area contributed by atoms with Gasteiger partial charge >= 0.3 is 5.97 Å². The van der Waals surface area contributed by atoms with Crippen LogP contribution in [0, 0.1) is 5.92 Å². The van der Waals surface area contributed by atoms with E-state index in [-0.39, 0.29) is 5.92 Å². The van der Waals surface area contributed by atoms with Crippen LogP contribution in [0.5, 0.6) is 0 Å². The second-order valence-electron chi connectivity index (χ2n) is 3.88.